The van der Waals surface area contributed by atoms with Crippen molar-refractivity contribution < 1.29 is 33.2 Å². The molecule has 186 valence electrons. The molecule has 0 aliphatic heterocycles. The Labute approximate surface area is 190 Å². The minimum Gasteiger partial charge on any atom is -0.382 e. The first kappa shape index (κ1) is 30.5. The van der Waals surface area contributed by atoms with Crippen LogP contribution in [-0.4, -0.2) is 93.0 Å². The molecule has 7 heteroatoms. The lowest BCUT2D eigenvalue weighted by molar-refractivity contribution is -0.0191. The molecule has 0 amide bonds. The smallest absolute Gasteiger partial charge is 0.0701 e. The van der Waals surface area contributed by atoms with Gasteiger partial charge in [-0.15, -0.1) is 6.58 Å². The molecule has 0 unspecified atom stereocenters. The van der Waals surface area contributed by atoms with E-state index < -0.39 is 0 Å². The van der Waals surface area contributed by atoms with Crippen LogP contribution in [0.5, 0.6) is 0 Å². The van der Waals surface area contributed by atoms with Gasteiger partial charge in [-0.25, -0.2) is 0 Å². The molecule has 0 aromatic carbocycles. The zero-order valence-corrected chi connectivity index (χ0v) is 20.0. The van der Waals surface area contributed by atoms with Gasteiger partial charge in [0.15, 0.2) is 0 Å². The quantitative estimate of drug-likeness (QED) is 0.132. The van der Waals surface area contributed by atoms with E-state index in [-0.39, 0.29) is 0 Å². The second kappa shape index (κ2) is 29.5. The summed E-state index contributed by atoms with van der Waals surface area (Å²) in [6.07, 6.45) is 12.2. The zero-order valence-electron chi connectivity index (χ0n) is 20.0. The van der Waals surface area contributed by atoms with Crippen LogP contribution in [0.1, 0.15) is 51.4 Å². The molecule has 0 heterocycles. The first-order valence-corrected chi connectivity index (χ1v) is 12.0. The Balaban J connectivity index is 2.98. The predicted octanol–water partition coefficient (Wildman–Crippen LogP) is 4.04. The van der Waals surface area contributed by atoms with E-state index in [1.165, 1.54) is 38.5 Å². The fourth-order valence-corrected chi connectivity index (χ4v) is 2.72. The minimum atomic E-state index is 0.561. The highest BCUT2D eigenvalue weighted by atomic mass is 16.6. The van der Waals surface area contributed by atoms with Crippen molar-refractivity contribution in [3.8, 4) is 0 Å². The van der Waals surface area contributed by atoms with Crippen LogP contribution in [0.3, 0.4) is 0 Å². The van der Waals surface area contributed by atoms with E-state index in [2.05, 4.69) is 6.58 Å². The molecule has 31 heavy (non-hydrogen) atoms. The topological polar surface area (TPSA) is 64.6 Å². The van der Waals surface area contributed by atoms with Crippen LogP contribution in [0.15, 0.2) is 12.7 Å². The van der Waals surface area contributed by atoms with Gasteiger partial charge in [-0.1, -0.05) is 38.2 Å². The van der Waals surface area contributed by atoms with Crippen LogP contribution in [0.2, 0.25) is 0 Å². The van der Waals surface area contributed by atoms with E-state index in [4.69, 9.17) is 33.2 Å². The zero-order chi connectivity index (χ0) is 22.5. The van der Waals surface area contributed by atoms with Crippen molar-refractivity contribution in [3.63, 3.8) is 0 Å². The van der Waals surface area contributed by atoms with E-state index in [0.717, 1.165) is 19.4 Å². The van der Waals surface area contributed by atoms with Crippen molar-refractivity contribution in [2.24, 2.45) is 0 Å². The summed E-state index contributed by atoms with van der Waals surface area (Å²) < 4.78 is 37.5. The molecular weight excluding hydrogens is 400 g/mol. The van der Waals surface area contributed by atoms with Crippen molar-refractivity contribution in [3.05, 3.63) is 12.7 Å². The molecule has 0 rings (SSSR count). The Morgan fingerprint density at radius 3 is 1.13 bits per heavy atom. The number of ether oxygens (including phenoxy) is 7. The van der Waals surface area contributed by atoms with Crippen molar-refractivity contribution in [1.82, 2.24) is 0 Å². The molecule has 0 aliphatic rings. The maximum Gasteiger partial charge on any atom is 0.0701 e. The van der Waals surface area contributed by atoms with E-state index in [1.54, 1.807) is 7.11 Å². The molecule has 0 aromatic rings. The number of methoxy groups -OCH3 is 1. The summed E-state index contributed by atoms with van der Waals surface area (Å²) in [5, 5.41) is 0. The highest BCUT2D eigenvalue weighted by Gasteiger charge is 1.95. The Morgan fingerprint density at radius 2 is 0.742 bits per heavy atom. The predicted molar refractivity (Wildman–Crippen MR) is 124 cm³/mol. The van der Waals surface area contributed by atoms with Crippen molar-refractivity contribution in [1.29, 1.82) is 0 Å². The number of hydrogen-bond donors (Lipinski definition) is 0. The third-order valence-electron chi connectivity index (χ3n) is 4.49. The van der Waals surface area contributed by atoms with E-state index in [0.29, 0.717) is 79.3 Å². The summed E-state index contributed by atoms with van der Waals surface area (Å²) in [6.45, 7) is 11.6. The lowest BCUT2D eigenvalue weighted by Crippen LogP contribution is -2.14. The summed E-state index contributed by atoms with van der Waals surface area (Å²) >= 11 is 0. The largest absolute Gasteiger partial charge is 0.382 e. The summed E-state index contributed by atoms with van der Waals surface area (Å²) in [7, 11) is 1.65. The lowest BCUT2D eigenvalue weighted by atomic mass is 10.1. The fourth-order valence-electron chi connectivity index (χ4n) is 2.72. The number of hydrogen-bond acceptors (Lipinski definition) is 7. The van der Waals surface area contributed by atoms with Crippen LogP contribution in [-0.2, 0) is 33.2 Å². The molecule has 0 aliphatic carbocycles. The van der Waals surface area contributed by atoms with Crippen LogP contribution in [0.4, 0.5) is 0 Å². The standard InChI is InChI=1S/C24H48O7/c1-3-4-5-6-7-8-9-10-11-12-26-15-16-28-19-20-30-23-24-31-22-21-29-18-17-27-14-13-25-2/h3H,1,4-24H2,2H3. The van der Waals surface area contributed by atoms with Crippen molar-refractivity contribution in [2.45, 2.75) is 51.4 Å². The maximum absolute atomic E-state index is 5.60. The normalized spacial score (nSPS) is 11.3. The van der Waals surface area contributed by atoms with Gasteiger partial charge in [0.25, 0.3) is 0 Å². The molecule has 0 atom stereocenters. The molecule has 0 saturated carbocycles. The SMILES string of the molecule is C=CCCCCCCCCCOCCOCCOCCOCCOCCOCCOC. The number of allylic oxidation sites excluding steroid dienone is 1. The monoisotopic (exact) mass is 448 g/mol. The highest BCUT2D eigenvalue weighted by Crippen LogP contribution is 2.08. The second-order valence-electron chi connectivity index (χ2n) is 7.22. The van der Waals surface area contributed by atoms with Crippen LogP contribution >= 0.6 is 0 Å². The van der Waals surface area contributed by atoms with Gasteiger partial charge >= 0.3 is 0 Å². The number of unbranched alkanes of at least 4 members (excludes halogenated alkanes) is 7. The van der Waals surface area contributed by atoms with Gasteiger partial charge in [0.05, 0.1) is 79.3 Å². The van der Waals surface area contributed by atoms with E-state index in [1.807, 2.05) is 6.08 Å². The van der Waals surface area contributed by atoms with Gasteiger partial charge in [-0.2, -0.15) is 0 Å². The molecule has 0 spiro atoms. The molecule has 0 N–H and O–H groups in total. The van der Waals surface area contributed by atoms with Crippen molar-refractivity contribution in [2.75, 3.05) is 93.0 Å². The van der Waals surface area contributed by atoms with Gasteiger partial charge in [0.2, 0.25) is 0 Å². The average Bonchev–Trinajstić information content (AvgIpc) is 2.78. The molecule has 0 fully saturated rings. The summed E-state index contributed by atoms with van der Waals surface area (Å²) in [6, 6.07) is 0. The first-order valence-electron chi connectivity index (χ1n) is 12.0. The van der Waals surface area contributed by atoms with Crippen LogP contribution < -0.4 is 0 Å². The van der Waals surface area contributed by atoms with Gasteiger partial charge in [-0.3, -0.25) is 0 Å². The minimum absolute atomic E-state index is 0.561. The molecule has 0 bridgehead atoms. The Hall–Kier alpha value is -0.540. The third kappa shape index (κ3) is 29.5. The molecule has 7 nitrogen and oxygen atoms in total. The molecule has 0 radical (unpaired) electrons. The van der Waals surface area contributed by atoms with Crippen molar-refractivity contribution >= 4 is 0 Å². The summed E-state index contributed by atoms with van der Waals surface area (Å²) in [4.78, 5) is 0. The summed E-state index contributed by atoms with van der Waals surface area (Å²) in [5.41, 5.74) is 0. The van der Waals surface area contributed by atoms with E-state index in [9.17, 15) is 0 Å². The summed E-state index contributed by atoms with van der Waals surface area (Å²) in [5.74, 6) is 0. The molecular formula is C24H48O7. The van der Waals surface area contributed by atoms with Crippen LogP contribution in [0.25, 0.3) is 0 Å². The first-order chi connectivity index (χ1) is 15.4. The maximum atomic E-state index is 5.60. The van der Waals surface area contributed by atoms with Gasteiger partial charge in [0, 0.05) is 13.7 Å². The van der Waals surface area contributed by atoms with E-state index >= 15 is 0 Å². The average molecular weight is 449 g/mol. The van der Waals surface area contributed by atoms with Gasteiger partial charge in [0.1, 0.15) is 0 Å². The Kier molecular flexibility index (Phi) is 28.9. The lowest BCUT2D eigenvalue weighted by Gasteiger charge is -2.08. The molecule has 0 aromatic heterocycles. The highest BCUT2D eigenvalue weighted by molar-refractivity contribution is 4.65. The van der Waals surface area contributed by atoms with Gasteiger partial charge in [-0.05, 0) is 19.3 Å². The molecule has 0 saturated heterocycles. The third-order valence-corrected chi connectivity index (χ3v) is 4.49. The van der Waals surface area contributed by atoms with Gasteiger partial charge < -0.3 is 33.2 Å². The Bertz CT molecular complexity index is 329. The fraction of sp³-hybridized carbons (Fsp3) is 0.917. The number of rotatable bonds is 28. The van der Waals surface area contributed by atoms with Crippen LogP contribution in [0, 0.1) is 0 Å². The Morgan fingerprint density at radius 1 is 0.419 bits per heavy atom. The second-order valence-corrected chi connectivity index (χ2v) is 7.22.